The van der Waals surface area contributed by atoms with Gasteiger partial charge in [0.05, 0.1) is 10.7 Å². The summed E-state index contributed by atoms with van der Waals surface area (Å²) in [5, 5.41) is 20.1. The van der Waals surface area contributed by atoms with Crippen molar-refractivity contribution >= 4 is 17.4 Å². The summed E-state index contributed by atoms with van der Waals surface area (Å²) >= 11 is 6.09. The number of nitrogens with one attached hydrogen (secondary N) is 1. The van der Waals surface area contributed by atoms with Gasteiger partial charge < -0.3 is 5.73 Å². The highest BCUT2D eigenvalue weighted by Crippen LogP contribution is 2.20. The van der Waals surface area contributed by atoms with Gasteiger partial charge in [-0.05, 0) is 23.4 Å². The highest BCUT2D eigenvalue weighted by atomic mass is 35.5. The third-order valence-electron chi connectivity index (χ3n) is 2.92. The predicted octanol–water partition coefficient (Wildman–Crippen LogP) is 2.27. The minimum atomic E-state index is -0.0805. The topological polar surface area (TPSA) is 93.5 Å². The molecule has 7 heteroatoms. The van der Waals surface area contributed by atoms with Crippen LogP contribution in [-0.2, 0) is 0 Å². The Morgan fingerprint density at radius 2 is 1.90 bits per heavy atom. The van der Waals surface area contributed by atoms with Crippen LogP contribution in [-0.4, -0.2) is 26.0 Å². The Morgan fingerprint density at radius 1 is 1.14 bits per heavy atom. The fraction of sp³-hybridized carbons (Fsp3) is 0. The molecule has 2 aromatic carbocycles. The molecule has 0 aliphatic rings. The molecule has 3 N–H and O–H groups in total. The average molecular weight is 299 g/mol. The molecule has 0 unspecified atom stereocenters. The Kier molecular flexibility index (Phi) is 3.37. The molecule has 0 aliphatic carbocycles. The number of aromatic nitrogens is 4. The summed E-state index contributed by atoms with van der Waals surface area (Å²) < 4.78 is 0. The zero-order valence-electron chi connectivity index (χ0n) is 10.9. The Morgan fingerprint density at radius 3 is 2.57 bits per heavy atom. The molecule has 0 radical (unpaired) electrons. The first kappa shape index (κ1) is 13.3. The molecular weight excluding hydrogens is 288 g/mol. The highest BCUT2D eigenvalue weighted by Gasteiger charge is 2.09. The fourth-order valence-corrected chi connectivity index (χ4v) is 2.15. The molecule has 3 rings (SSSR count). The van der Waals surface area contributed by atoms with E-state index in [1.165, 1.54) is 4.80 Å². The molecule has 1 aromatic heterocycles. The van der Waals surface area contributed by atoms with Crippen LogP contribution < -0.4 is 5.73 Å². The van der Waals surface area contributed by atoms with Crippen molar-refractivity contribution in [2.75, 3.05) is 0 Å². The van der Waals surface area contributed by atoms with Gasteiger partial charge in [-0.1, -0.05) is 41.9 Å². The van der Waals surface area contributed by atoms with Crippen molar-refractivity contribution in [3.05, 3.63) is 59.1 Å². The largest absolute Gasteiger partial charge is 0.384 e. The summed E-state index contributed by atoms with van der Waals surface area (Å²) in [6, 6.07) is 14.6. The van der Waals surface area contributed by atoms with E-state index < -0.39 is 0 Å². The third-order valence-corrected chi connectivity index (χ3v) is 3.23. The van der Waals surface area contributed by atoms with Crippen LogP contribution in [0.2, 0.25) is 5.02 Å². The summed E-state index contributed by atoms with van der Waals surface area (Å²) in [5.41, 5.74) is 7.44. The molecule has 0 atom stereocenters. The lowest BCUT2D eigenvalue weighted by molar-refractivity contribution is 0.720. The van der Waals surface area contributed by atoms with Crippen molar-refractivity contribution in [2.45, 2.75) is 0 Å². The van der Waals surface area contributed by atoms with Crippen LogP contribution in [0.5, 0.6) is 0 Å². The van der Waals surface area contributed by atoms with Gasteiger partial charge in [0.2, 0.25) is 5.82 Å². The molecule has 0 amide bonds. The van der Waals surface area contributed by atoms with Gasteiger partial charge in [-0.2, -0.15) is 0 Å². The molecule has 0 spiro atoms. The zero-order valence-corrected chi connectivity index (χ0v) is 11.6. The van der Waals surface area contributed by atoms with Gasteiger partial charge in [0.25, 0.3) is 0 Å². The number of halogens is 1. The van der Waals surface area contributed by atoms with Crippen molar-refractivity contribution in [1.82, 2.24) is 20.2 Å². The molecule has 0 aliphatic heterocycles. The van der Waals surface area contributed by atoms with Gasteiger partial charge in [-0.3, -0.25) is 5.41 Å². The molecule has 0 fully saturated rings. The molecular formula is C14H11ClN6. The number of amidine groups is 1. The van der Waals surface area contributed by atoms with Gasteiger partial charge in [-0.15, -0.1) is 15.0 Å². The minimum Gasteiger partial charge on any atom is -0.384 e. The number of nitrogens with two attached hydrogens (primary N) is 1. The SMILES string of the molecule is N=C(N)c1ccc(-n2nnc(-c3ccccc3)n2)cc1Cl. The fourth-order valence-electron chi connectivity index (χ4n) is 1.87. The number of rotatable bonds is 3. The number of hydrogen-bond acceptors (Lipinski definition) is 4. The van der Waals surface area contributed by atoms with Gasteiger partial charge >= 0.3 is 0 Å². The summed E-state index contributed by atoms with van der Waals surface area (Å²) in [6.45, 7) is 0. The second-order valence-electron chi connectivity index (χ2n) is 4.35. The molecule has 3 aromatic rings. The van der Waals surface area contributed by atoms with Crippen LogP contribution in [0.25, 0.3) is 17.1 Å². The Hall–Kier alpha value is -2.73. The lowest BCUT2D eigenvalue weighted by atomic mass is 10.2. The summed E-state index contributed by atoms with van der Waals surface area (Å²) in [4.78, 5) is 1.39. The zero-order chi connectivity index (χ0) is 14.8. The quantitative estimate of drug-likeness (QED) is 0.573. The molecule has 104 valence electrons. The average Bonchev–Trinajstić information content (AvgIpc) is 2.97. The maximum absolute atomic E-state index is 7.41. The molecule has 1 heterocycles. The highest BCUT2D eigenvalue weighted by molar-refractivity contribution is 6.34. The van der Waals surface area contributed by atoms with Crippen LogP contribution in [0, 0.1) is 5.41 Å². The summed E-state index contributed by atoms with van der Waals surface area (Å²) in [5.74, 6) is 0.449. The van der Waals surface area contributed by atoms with E-state index in [1.54, 1.807) is 18.2 Å². The van der Waals surface area contributed by atoms with E-state index in [0.717, 1.165) is 5.56 Å². The van der Waals surface area contributed by atoms with E-state index in [4.69, 9.17) is 22.7 Å². The first-order valence-electron chi connectivity index (χ1n) is 6.15. The van der Waals surface area contributed by atoms with Crippen LogP contribution in [0.3, 0.4) is 0 Å². The summed E-state index contributed by atoms with van der Waals surface area (Å²) in [6.07, 6.45) is 0. The van der Waals surface area contributed by atoms with Crippen molar-refractivity contribution in [1.29, 1.82) is 5.41 Å². The van der Waals surface area contributed by atoms with Crippen LogP contribution in [0.4, 0.5) is 0 Å². The van der Waals surface area contributed by atoms with Crippen molar-refractivity contribution in [3.8, 4) is 17.1 Å². The van der Waals surface area contributed by atoms with E-state index in [1.807, 2.05) is 30.3 Å². The van der Waals surface area contributed by atoms with Crippen molar-refractivity contribution in [2.24, 2.45) is 5.73 Å². The molecule has 0 saturated heterocycles. The molecule has 0 saturated carbocycles. The van der Waals surface area contributed by atoms with Gasteiger partial charge in [-0.25, -0.2) is 0 Å². The monoisotopic (exact) mass is 298 g/mol. The minimum absolute atomic E-state index is 0.0805. The number of tetrazole rings is 1. The van der Waals surface area contributed by atoms with E-state index in [2.05, 4.69) is 15.4 Å². The molecule has 0 bridgehead atoms. The smallest absolute Gasteiger partial charge is 0.205 e. The van der Waals surface area contributed by atoms with Gasteiger partial charge in [0.15, 0.2) is 0 Å². The van der Waals surface area contributed by atoms with Crippen LogP contribution >= 0.6 is 11.6 Å². The maximum atomic E-state index is 7.41. The second-order valence-corrected chi connectivity index (χ2v) is 4.75. The van der Waals surface area contributed by atoms with Crippen LogP contribution in [0.1, 0.15) is 5.56 Å². The number of nitrogens with zero attached hydrogens (tertiary/aromatic N) is 4. The summed E-state index contributed by atoms with van der Waals surface area (Å²) in [7, 11) is 0. The number of nitrogen functional groups attached to an aromatic ring is 1. The van der Waals surface area contributed by atoms with E-state index in [0.29, 0.717) is 22.1 Å². The maximum Gasteiger partial charge on any atom is 0.205 e. The standard InChI is InChI=1S/C14H11ClN6/c15-12-8-10(6-7-11(12)13(16)17)21-19-14(18-20-21)9-4-2-1-3-5-9/h1-8H,(H3,16,17). The van der Waals surface area contributed by atoms with Gasteiger partial charge in [0, 0.05) is 11.1 Å². The lowest BCUT2D eigenvalue weighted by Gasteiger charge is -2.04. The van der Waals surface area contributed by atoms with Crippen molar-refractivity contribution < 1.29 is 0 Å². The first-order valence-corrected chi connectivity index (χ1v) is 6.53. The van der Waals surface area contributed by atoms with E-state index in [9.17, 15) is 0 Å². The first-order chi connectivity index (χ1) is 10.1. The van der Waals surface area contributed by atoms with E-state index in [-0.39, 0.29) is 5.84 Å². The normalized spacial score (nSPS) is 10.5. The van der Waals surface area contributed by atoms with Gasteiger partial charge in [0.1, 0.15) is 5.84 Å². The molecule has 21 heavy (non-hydrogen) atoms. The Labute approximate surface area is 125 Å². The molecule has 6 nitrogen and oxygen atoms in total. The van der Waals surface area contributed by atoms with Crippen LogP contribution in [0.15, 0.2) is 48.5 Å². The van der Waals surface area contributed by atoms with Crippen molar-refractivity contribution in [3.63, 3.8) is 0 Å². The number of benzene rings is 2. The Balaban J connectivity index is 1.97. The third kappa shape index (κ3) is 2.61. The Bertz CT molecular complexity index is 796. The second kappa shape index (κ2) is 5.34. The number of hydrogen-bond donors (Lipinski definition) is 2. The predicted molar refractivity (Wildman–Crippen MR) is 80.6 cm³/mol. The van der Waals surface area contributed by atoms with E-state index >= 15 is 0 Å². The lowest BCUT2D eigenvalue weighted by Crippen LogP contribution is -2.12.